The fourth-order valence-corrected chi connectivity index (χ4v) is 2.61. The number of hydrogen-bond acceptors (Lipinski definition) is 3. The van der Waals surface area contributed by atoms with Crippen LogP contribution in [0.5, 0.6) is 0 Å². The zero-order chi connectivity index (χ0) is 14.9. The van der Waals surface area contributed by atoms with Crippen molar-refractivity contribution in [2.24, 2.45) is 0 Å². The first-order valence-electron chi connectivity index (χ1n) is 7.93. The van der Waals surface area contributed by atoms with Crippen molar-refractivity contribution in [3.63, 3.8) is 0 Å². The highest BCUT2D eigenvalue weighted by molar-refractivity contribution is 5.77. The Morgan fingerprint density at radius 3 is 2.67 bits per heavy atom. The Kier molecular flexibility index (Phi) is 6.70. The molecule has 116 valence electrons. The number of benzene rings is 1. The van der Waals surface area contributed by atoms with Gasteiger partial charge < -0.3 is 15.0 Å². The molecule has 1 aliphatic heterocycles. The van der Waals surface area contributed by atoms with E-state index in [0.717, 1.165) is 45.4 Å². The van der Waals surface area contributed by atoms with E-state index in [9.17, 15) is 4.79 Å². The molecule has 1 N–H and O–H groups in total. The maximum absolute atomic E-state index is 12.2. The van der Waals surface area contributed by atoms with Gasteiger partial charge in [0.2, 0.25) is 5.91 Å². The van der Waals surface area contributed by atoms with Crippen molar-refractivity contribution >= 4 is 5.91 Å². The number of carbonyl (C=O) groups is 1. The summed E-state index contributed by atoms with van der Waals surface area (Å²) in [6.45, 7) is 5.71. The lowest BCUT2D eigenvalue weighted by atomic mass is 10.1. The molecule has 1 amide bonds. The summed E-state index contributed by atoms with van der Waals surface area (Å²) in [5.41, 5.74) is 1.27. The van der Waals surface area contributed by atoms with Gasteiger partial charge in [0, 0.05) is 13.1 Å². The van der Waals surface area contributed by atoms with Crippen LogP contribution in [0, 0.1) is 0 Å². The number of nitrogens with zero attached hydrogens (tertiary/aromatic N) is 1. The monoisotopic (exact) mass is 290 g/mol. The summed E-state index contributed by atoms with van der Waals surface area (Å²) in [7, 11) is 0. The Morgan fingerprint density at radius 1 is 1.29 bits per heavy atom. The average Bonchev–Trinajstić information content (AvgIpc) is 2.55. The zero-order valence-corrected chi connectivity index (χ0v) is 12.9. The minimum atomic E-state index is 0.104. The lowest BCUT2D eigenvalue weighted by Crippen LogP contribution is -2.38. The number of ether oxygens (including phenoxy) is 1. The predicted octanol–water partition coefficient (Wildman–Crippen LogP) is 1.85. The topological polar surface area (TPSA) is 41.6 Å². The Morgan fingerprint density at radius 2 is 2.00 bits per heavy atom. The number of piperidine rings is 1. The molecule has 1 fully saturated rings. The molecule has 1 aromatic rings. The van der Waals surface area contributed by atoms with E-state index in [2.05, 4.69) is 17.4 Å². The molecule has 0 bridgehead atoms. The van der Waals surface area contributed by atoms with Gasteiger partial charge in [0.05, 0.1) is 6.10 Å². The third kappa shape index (κ3) is 5.48. The summed E-state index contributed by atoms with van der Waals surface area (Å²) in [6.07, 6.45) is 3.14. The van der Waals surface area contributed by atoms with Gasteiger partial charge in [-0.2, -0.15) is 0 Å². The summed E-state index contributed by atoms with van der Waals surface area (Å²) < 4.78 is 5.75. The summed E-state index contributed by atoms with van der Waals surface area (Å²) >= 11 is 0. The van der Waals surface area contributed by atoms with Gasteiger partial charge in [-0.15, -0.1) is 0 Å². The molecule has 0 unspecified atom stereocenters. The third-order valence-electron chi connectivity index (χ3n) is 3.98. The number of carbonyl (C=O) groups excluding carboxylic acids is 1. The first-order valence-corrected chi connectivity index (χ1v) is 7.93. The Hall–Kier alpha value is -1.39. The fraction of sp³-hybridized carbons (Fsp3) is 0.588. The molecule has 4 heteroatoms. The first-order chi connectivity index (χ1) is 10.3. The molecule has 0 radical (unpaired) electrons. The van der Waals surface area contributed by atoms with Gasteiger partial charge in [0.15, 0.2) is 0 Å². The number of amides is 1. The van der Waals surface area contributed by atoms with Crippen LogP contribution >= 0.6 is 0 Å². The molecule has 1 saturated heterocycles. The number of rotatable bonds is 7. The minimum Gasteiger partial charge on any atom is -0.368 e. The third-order valence-corrected chi connectivity index (χ3v) is 3.98. The van der Waals surface area contributed by atoms with Gasteiger partial charge in [-0.25, -0.2) is 0 Å². The molecule has 0 atom stereocenters. The Labute approximate surface area is 127 Å². The van der Waals surface area contributed by atoms with Crippen LogP contribution in [0.2, 0.25) is 0 Å². The number of nitrogens with one attached hydrogen (secondary N) is 1. The van der Waals surface area contributed by atoms with E-state index in [0.29, 0.717) is 0 Å². The summed E-state index contributed by atoms with van der Waals surface area (Å²) in [6, 6.07) is 10.3. The normalized spacial score (nSPS) is 15.9. The van der Waals surface area contributed by atoms with Crippen LogP contribution in [0.1, 0.15) is 25.3 Å². The van der Waals surface area contributed by atoms with Gasteiger partial charge in [-0.05, 0) is 44.8 Å². The van der Waals surface area contributed by atoms with Crippen LogP contribution in [0.4, 0.5) is 0 Å². The molecule has 21 heavy (non-hydrogen) atoms. The molecule has 0 aliphatic carbocycles. The van der Waals surface area contributed by atoms with E-state index in [-0.39, 0.29) is 18.6 Å². The number of hydrogen-bond donors (Lipinski definition) is 1. The maximum Gasteiger partial charge on any atom is 0.248 e. The highest BCUT2D eigenvalue weighted by atomic mass is 16.5. The highest BCUT2D eigenvalue weighted by Gasteiger charge is 2.17. The molecule has 0 saturated carbocycles. The van der Waals surface area contributed by atoms with Gasteiger partial charge >= 0.3 is 0 Å². The van der Waals surface area contributed by atoms with Crippen LogP contribution in [-0.4, -0.2) is 49.7 Å². The zero-order valence-electron chi connectivity index (χ0n) is 12.9. The van der Waals surface area contributed by atoms with Gasteiger partial charge in [0.25, 0.3) is 0 Å². The van der Waals surface area contributed by atoms with Crippen LogP contribution in [0.3, 0.4) is 0 Å². The molecule has 4 nitrogen and oxygen atoms in total. The smallest absolute Gasteiger partial charge is 0.248 e. The first kappa shape index (κ1) is 16.0. The van der Waals surface area contributed by atoms with Gasteiger partial charge in [0.1, 0.15) is 6.61 Å². The Bertz CT molecular complexity index is 416. The Balaban J connectivity index is 1.73. The van der Waals surface area contributed by atoms with Crippen molar-refractivity contribution in [3.05, 3.63) is 35.9 Å². The van der Waals surface area contributed by atoms with Crippen molar-refractivity contribution in [1.82, 2.24) is 10.2 Å². The fourth-order valence-electron chi connectivity index (χ4n) is 2.61. The van der Waals surface area contributed by atoms with E-state index in [4.69, 9.17) is 4.74 Å². The summed E-state index contributed by atoms with van der Waals surface area (Å²) in [5, 5.41) is 3.30. The van der Waals surface area contributed by atoms with Gasteiger partial charge in [-0.3, -0.25) is 4.79 Å². The van der Waals surface area contributed by atoms with Crippen molar-refractivity contribution in [3.8, 4) is 0 Å². The second-order valence-electron chi connectivity index (χ2n) is 5.47. The van der Waals surface area contributed by atoms with Crippen molar-refractivity contribution in [2.45, 2.75) is 32.3 Å². The second kappa shape index (κ2) is 8.80. The van der Waals surface area contributed by atoms with Crippen molar-refractivity contribution in [1.29, 1.82) is 0 Å². The molecule has 2 rings (SSSR count). The molecular weight excluding hydrogens is 264 g/mol. The lowest BCUT2D eigenvalue weighted by molar-refractivity contribution is -0.138. The minimum absolute atomic E-state index is 0.104. The van der Waals surface area contributed by atoms with E-state index >= 15 is 0 Å². The molecule has 1 aromatic carbocycles. The maximum atomic E-state index is 12.2. The molecule has 1 heterocycles. The molecule has 0 aromatic heterocycles. The quantitative estimate of drug-likeness (QED) is 0.833. The summed E-state index contributed by atoms with van der Waals surface area (Å²) in [4.78, 5) is 14.1. The molecular formula is C17H26N2O2. The second-order valence-corrected chi connectivity index (χ2v) is 5.47. The lowest BCUT2D eigenvalue weighted by Gasteiger charge is -2.25. The molecule has 1 aliphatic rings. The predicted molar refractivity (Wildman–Crippen MR) is 84.2 cm³/mol. The van der Waals surface area contributed by atoms with Crippen LogP contribution in [0.25, 0.3) is 0 Å². The average molecular weight is 290 g/mol. The molecule has 0 spiro atoms. The van der Waals surface area contributed by atoms with Crippen molar-refractivity contribution < 1.29 is 9.53 Å². The summed E-state index contributed by atoms with van der Waals surface area (Å²) in [5.74, 6) is 0.104. The standard InChI is InChI=1S/C17H26N2O2/c1-2-19(13-10-15-6-4-3-5-7-15)17(20)14-21-16-8-11-18-12-9-16/h3-7,16,18H,2,8-14H2,1H3. The highest BCUT2D eigenvalue weighted by Crippen LogP contribution is 2.08. The van der Waals surface area contributed by atoms with Gasteiger partial charge in [-0.1, -0.05) is 30.3 Å². The van der Waals surface area contributed by atoms with Crippen LogP contribution < -0.4 is 5.32 Å². The number of likely N-dealkylation sites (N-methyl/N-ethyl adjacent to an activating group) is 1. The SMILES string of the molecule is CCN(CCc1ccccc1)C(=O)COC1CCNCC1. The largest absolute Gasteiger partial charge is 0.368 e. The van der Waals surface area contributed by atoms with Crippen molar-refractivity contribution in [2.75, 3.05) is 32.8 Å². The van der Waals surface area contributed by atoms with E-state index in [1.807, 2.05) is 30.0 Å². The van der Waals surface area contributed by atoms with E-state index < -0.39 is 0 Å². The van der Waals surface area contributed by atoms with E-state index in [1.165, 1.54) is 5.56 Å². The van der Waals surface area contributed by atoms with Crippen LogP contribution in [0.15, 0.2) is 30.3 Å². The van der Waals surface area contributed by atoms with Crippen LogP contribution in [-0.2, 0) is 16.0 Å². The van der Waals surface area contributed by atoms with E-state index in [1.54, 1.807) is 0 Å².